The molecule has 0 radical (unpaired) electrons. The van der Waals surface area contributed by atoms with E-state index in [2.05, 4.69) is 42.2 Å². The van der Waals surface area contributed by atoms with E-state index >= 15 is 0 Å². The molecule has 5 aromatic rings. The monoisotopic (exact) mass is 397 g/mol. The highest BCUT2D eigenvalue weighted by Crippen LogP contribution is 2.42. The van der Waals surface area contributed by atoms with E-state index in [9.17, 15) is 0 Å². The molecule has 0 atom stereocenters. The van der Waals surface area contributed by atoms with Gasteiger partial charge in [-0.25, -0.2) is 9.55 Å². The summed E-state index contributed by atoms with van der Waals surface area (Å²) >= 11 is 0. The number of benzene rings is 2. The van der Waals surface area contributed by atoms with Crippen LogP contribution in [0.15, 0.2) is 59.1 Å². The van der Waals surface area contributed by atoms with E-state index in [-0.39, 0.29) is 5.92 Å². The van der Waals surface area contributed by atoms with Crippen molar-refractivity contribution in [2.75, 3.05) is 0 Å². The van der Waals surface area contributed by atoms with Gasteiger partial charge in [0.05, 0.1) is 5.56 Å². The summed E-state index contributed by atoms with van der Waals surface area (Å²) in [7, 11) is 2.00. The Balaban J connectivity index is 1.95. The van der Waals surface area contributed by atoms with Gasteiger partial charge >= 0.3 is 0 Å². The zero-order chi connectivity index (χ0) is 22.8. The van der Waals surface area contributed by atoms with Crippen LogP contribution in [0.3, 0.4) is 0 Å². The van der Waals surface area contributed by atoms with Gasteiger partial charge < -0.3 is 4.42 Å². The average Bonchev–Trinajstić information content (AvgIpc) is 3.13. The third-order valence-corrected chi connectivity index (χ3v) is 5.76. The van der Waals surface area contributed by atoms with Crippen molar-refractivity contribution in [3.8, 4) is 11.3 Å². The first kappa shape index (κ1) is 16.6. The number of nitrogens with zero attached hydrogens (tertiary/aromatic N) is 2. The Bertz CT molecular complexity index is 1520. The van der Waals surface area contributed by atoms with Crippen molar-refractivity contribution >= 4 is 32.8 Å². The number of pyridine rings is 2. The summed E-state index contributed by atoms with van der Waals surface area (Å²) in [5.41, 5.74) is 6.04. The molecule has 0 spiro atoms. The maximum atomic E-state index is 8.63. The van der Waals surface area contributed by atoms with Gasteiger partial charge in [-0.2, -0.15) is 0 Å². The van der Waals surface area contributed by atoms with Crippen LogP contribution in [0, 0.1) is 19.8 Å². The Kier molecular flexibility index (Phi) is 3.84. The molecule has 0 saturated carbocycles. The largest absolute Gasteiger partial charge is 0.437 e. The fourth-order valence-corrected chi connectivity index (χ4v) is 4.40. The first-order chi connectivity index (χ1) is 15.2. The van der Waals surface area contributed by atoms with E-state index in [0.29, 0.717) is 11.3 Å². The Morgan fingerprint density at radius 1 is 1.03 bits per heavy atom. The number of hydrogen-bond acceptors (Lipinski definition) is 2. The molecule has 2 aromatic carbocycles. The highest BCUT2D eigenvalue weighted by Gasteiger charge is 2.24. The van der Waals surface area contributed by atoms with E-state index < -0.39 is 6.37 Å². The summed E-state index contributed by atoms with van der Waals surface area (Å²) in [6.07, 6.45) is 0.510. The molecule has 3 aromatic heterocycles. The summed E-state index contributed by atoms with van der Waals surface area (Å²) in [4.78, 5) is 4.65. The predicted octanol–water partition coefficient (Wildman–Crippen LogP) is 6.44. The second-order valence-electron chi connectivity index (χ2n) is 8.37. The van der Waals surface area contributed by atoms with Crippen LogP contribution >= 0.6 is 0 Å². The molecule has 0 bridgehead atoms. The van der Waals surface area contributed by atoms with Gasteiger partial charge in [0, 0.05) is 31.3 Å². The fourth-order valence-electron chi connectivity index (χ4n) is 4.40. The summed E-state index contributed by atoms with van der Waals surface area (Å²) in [6, 6.07) is 16.3. The molecule has 0 fully saturated rings. The fraction of sp³-hybridized carbons (Fsp3) is 0.259. The summed E-state index contributed by atoms with van der Waals surface area (Å²) < 4.78 is 25.7. The van der Waals surface area contributed by atoms with Gasteiger partial charge in [0.15, 0.2) is 11.8 Å². The molecule has 30 heavy (non-hydrogen) atoms. The van der Waals surface area contributed by atoms with Crippen LogP contribution in [0.1, 0.15) is 33.4 Å². The highest BCUT2D eigenvalue weighted by atomic mass is 16.3. The second-order valence-corrected chi connectivity index (χ2v) is 8.37. The average molecular weight is 398 g/mol. The summed E-state index contributed by atoms with van der Waals surface area (Å²) in [5.74, 6) is -0.140. The molecule has 3 nitrogen and oxygen atoms in total. The zero-order valence-electron chi connectivity index (χ0n) is 20.1. The topological polar surface area (TPSA) is 29.9 Å². The Labute approximate surface area is 179 Å². The third kappa shape index (κ3) is 2.88. The van der Waals surface area contributed by atoms with E-state index in [4.69, 9.17) is 7.16 Å². The SMILES string of the molecule is [2H]C([2H])(c1cc[n+](C)c(-c2c(C)c3ccccc3c3c2oc2nc(C)ccc23)c1)C(C)C. The molecule has 0 aliphatic carbocycles. The van der Waals surface area contributed by atoms with Crippen LogP contribution in [0.25, 0.3) is 44.1 Å². The van der Waals surface area contributed by atoms with Crippen molar-refractivity contribution in [2.24, 2.45) is 13.0 Å². The predicted molar refractivity (Wildman–Crippen MR) is 124 cm³/mol. The maximum Gasteiger partial charge on any atom is 0.227 e. The van der Waals surface area contributed by atoms with E-state index in [1.807, 2.05) is 56.8 Å². The van der Waals surface area contributed by atoms with Crippen LogP contribution in [0.5, 0.6) is 0 Å². The molecule has 0 unspecified atom stereocenters. The molecular weight excluding hydrogens is 368 g/mol. The molecule has 5 rings (SSSR count). The van der Waals surface area contributed by atoms with Crippen LogP contribution in [-0.2, 0) is 13.4 Å². The van der Waals surface area contributed by atoms with Gasteiger partial charge in [-0.3, -0.25) is 0 Å². The van der Waals surface area contributed by atoms with Crippen LogP contribution in [0.2, 0.25) is 0 Å². The van der Waals surface area contributed by atoms with Crippen LogP contribution in [-0.4, -0.2) is 4.98 Å². The molecule has 0 aliphatic rings. The lowest BCUT2D eigenvalue weighted by Gasteiger charge is -2.12. The third-order valence-electron chi connectivity index (χ3n) is 5.76. The Hall–Kier alpha value is -3.20. The summed E-state index contributed by atoms with van der Waals surface area (Å²) in [6.45, 7) is 7.92. The quantitative estimate of drug-likeness (QED) is 0.328. The molecule has 0 amide bonds. The molecule has 3 heteroatoms. The van der Waals surface area contributed by atoms with Crippen molar-refractivity contribution < 1.29 is 11.7 Å². The van der Waals surface area contributed by atoms with E-state index in [1.54, 1.807) is 0 Å². The molecule has 0 aliphatic heterocycles. The van der Waals surface area contributed by atoms with Crippen LogP contribution in [0.4, 0.5) is 0 Å². The van der Waals surface area contributed by atoms with Crippen molar-refractivity contribution in [3.63, 3.8) is 0 Å². The van der Waals surface area contributed by atoms with Gasteiger partial charge in [-0.15, -0.1) is 0 Å². The zero-order valence-corrected chi connectivity index (χ0v) is 18.1. The Morgan fingerprint density at radius 3 is 2.57 bits per heavy atom. The smallest absolute Gasteiger partial charge is 0.227 e. The van der Waals surface area contributed by atoms with Crippen molar-refractivity contribution in [1.82, 2.24) is 4.98 Å². The number of furan rings is 1. The number of rotatable bonds is 3. The van der Waals surface area contributed by atoms with Gasteiger partial charge in [0.1, 0.15) is 7.05 Å². The van der Waals surface area contributed by atoms with Crippen molar-refractivity contribution in [1.29, 1.82) is 0 Å². The molecular formula is C27H27N2O+. The second kappa shape index (κ2) is 6.94. The first-order valence-electron chi connectivity index (χ1n) is 11.4. The summed E-state index contributed by atoms with van der Waals surface area (Å²) in [5, 5.41) is 4.36. The van der Waals surface area contributed by atoms with Crippen molar-refractivity contribution in [2.45, 2.75) is 34.1 Å². The first-order valence-corrected chi connectivity index (χ1v) is 10.4. The molecule has 0 saturated heterocycles. The molecule has 3 heterocycles. The highest BCUT2D eigenvalue weighted by molar-refractivity contribution is 6.22. The molecule has 150 valence electrons. The standard InChI is InChI=1S/C27H27N2O/c1-16(2)14-19-12-13-29(5)23(15-19)24-18(4)20-8-6-7-9-21(20)25-22-11-10-17(3)28-27(22)30-26(24)25/h6-13,15-16H,14H2,1-5H3/q+1/i14D2. The van der Waals surface area contributed by atoms with Gasteiger partial charge in [0.25, 0.3) is 0 Å². The molecule has 0 N–H and O–H groups in total. The number of aromatic nitrogens is 2. The number of hydrogen-bond donors (Lipinski definition) is 0. The van der Waals surface area contributed by atoms with Crippen molar-refractivity contribution in [3.05, 3.63) is 71.5 Å². The normalized spacial score (nSPS) is 13.4. The lowest BCUT2D eigenvalue weighted by Crippen LogP contribution is -2.31. The lowest BCUT2D eigenvalue weighted by molar-refractivity contribution is -0.660. The minimum Gasteiger partial charge on any atom is -0.437 e. The van der Waals surface area contributed by atoms with Crippen LogP contribution < -0.4 is 4.57 Å². The number of aryl methyl sites for hydroxylation is 3. The van der Waals surface area contributed by atoms with Gasteiger partial charge in [-0.05, 0) is 60.2 Å². The van der Waals surface area contributed by atoms with E-state index in [0.717, 1.165) is 49.6 Å². The lowest BCUT2D eigenvalue weighted by atomic mass is 9.92. The minimum absolute atomic E-state index is 0.140. The number of fused-ring (bicyclic) bond motifs is 5. The maximum absolute atomic E-state index is 8.63. The van der Waals surface area contributed by atoms with Gasteiger partial charge in [0.2, 0.25) is 11.4 Å². The minimum atomic E-state index is -1.43. The Morgan fingerprint density at radius 2 is 1.80 bits per heavy atom. The van der Waals surface area contributed by atoms with Gasteiger partial charge in [-0.1, -0.05) is 38.1 Å². The van der Waals surface area contributed by atoms with E-state index in [1.165, 1.54) is 0 Å².